The molecule has 0 saturated heterocycles. The molecule has 4 nitrogen and oxygen atoms in total. The maximum absolute atomic E-state index is 11.6. The first-order valence-corrected chi connectivity index (χ1v) is 8.39. The maximum Gasteiger partial charge on any atom is 0.315 e. The van der Waals surface area contributed by atoms with Crippen molar-refractivity contribution in [2.45, 2.75) is 32.7 Å². The molecule has 2 amide bonds. The number of thiazole rings is 1. The van der Waals surface area contributed by atoms with E-state index < -0.39 is 0 Å². The minimum absolute atomic E-state index is 0.138. The van der Waals surface area contributed by atoms with E-state index in [0.717, 1.165) is 17.1 Å². The third-order valence-corrected chi connectivity index (χ3v) is 4.86. The standard InChI is InChI=1S/C14H19N3OS2/c1-10(2)13-17-11(9-20-13)8-16-14(18)15-6-5-12-4-3-7-19-12/h3-4,7,9-10H,5-6,8H2,1-2H3,(H2,15,16,18). The predicted molar refractivity (Wildman–Crippen MR) is 84.5 cm³/mol. The Morgan fingerprint density at radius 1 is 1.35 bits per heavy atom. The normalized spacial score (nSPS) is 10.8. The van der Waals surface area contributed by atoms with Gasteiger partial charge in [0.25, 0.3) is 0 Å². The summed E-state index contributed by atoms with van der Waals surface area (Å²) in [5, 5.41) is 10.8. The summed E-state index contributed by atoms with van der Waals surface area (Å²) in [6.07, 6.45) is 0.874. The minimum Gasteiger partial charge on any atom is -0.338 e. The van der Waals surface area contributed by atoms with Gasteiger partial charge in [0.15, 0.2) is 0 Å². The van der Waals surface area contributed by atoms with Crippen LogP contribution in [-0.4, -0.2) is 17.6 Å². The first-order valence-electron chi connectivity index (χ1n) is 6.63. The Hall–Kier alpha value is -1.40. The molecule has 0 spiro atoms. The summed E-state index contributed by atoms with van der Waals surface area (Å²) in [6.45, 7) is 5.37. The van der Waals surface area contributed by atoms with Gasteiger partial charge in [0.2, 0.25) is 0 Å². The van der Waals surface area contributed by atoms with Crippen LogP contribution in [0.5, 0.6) is 0 Å². The molecule has 2 N–H and O–H groups in total. The molecule has 2 aromatic heterocycles. The molecule has 0 aliphatic rings. The van der Waals surface area contributed by atoms with Gasteiger partial charge in [0, 0.05) is 22.7 Å². The van der Waals surface area contributed by atoms with Crippen LogP contribution in [0.15, 0.2) is 22.9 Å². The highest BCUT2D eigenvalue weighted by molar-refractivity contribution is 7.10. The van der Waals surface area contributed by atoms with E-state index in [1.165, 1.54) is 4.88 Å². The average molecular weight is 309 g/mol. The van der Waals surface area contributed by atoms with Crippen LogP contribution in [-0.2, 0) is 13.0 Å². The number of urea groups is 1. The number of nitrogens with one attached hydrogen (secondary N) is 2. The topological polar surface area (TPSA) is 54.0 Å². The molecular formula is C14H19N3OS2. The number of carbonyl (C=O) groups is 1. The molecule has 0 aromatic carbocycles. The lowest BCUT2D eigenvalue weighted by Crippen LogP contribution is -2.36. The molecule has 0 aliphatic carbocycles. The third-order valence-electron chi connectivity index (χ3n) is 2.73. The number of rotatable bonds is 6. The lowest BCUT2D eigenvalue weighted by Gasteiger charge is -2.05. The summed E-state index contributed by atoms with van der Waals surface area (Å²) >= 11 is 3.35. The van der Waals surface area contributed by atoms with Crippen LogP contribution < -0.4 is 10.6 Å². The van der Waals surface area contributed by atoms with Gasteiger partial charge < -0.3 is 10.6 Å². The maximum atomic E-state index is 11.6. The fraction of sp³-hybridized carbons (Fsp3) is 0.429. The summed E-state index contributed by atoms with van der Waals surface area (Å²) in [5.41, 5.74) is 0.923. The van der Waals surface area contributed by atoms with Gasteiger partial charge in [0.05, 0.1) is 17.2 Å². The largest absolute Gasteiger partial charge is 0.338 e. The number of hydrogen-bond acceptors (Lipinski definition) is 4. The zero-order valence-corrected chi connectivity index (χ0v) is 13.3. The molecular weight excluding hydrogens is 290 g/mol. The monoisotopic (exact) mass is 309 g/mol. The quantitative estimate of drug-likeness (QED) is 0.859. The predicted octanol–water partition coefficient (Wildman–Crippen LogP) is 3.37. The summed E-state index contributed by atoms with van der Waals surface area (Å²) < 4.78 is 0. The van der Waals surface area contributed by atoms with Gasteiger partial charge in [0.1, 0.15) is 0 Å². The van der Waals surface area contributed by atoms with Crippen molar-refractivity contribution in [1.82, 2.24) is 15.6 Å². The van der Waals surface area contributed by atoms with Gasteiger partial charge in [-0.05, 0) is 17.9 Å². The fourth-order valence-electron chi connectivity index (χ4n) is 1.66. The number of carbonyl (C=O) groups excluding carboxylic acids is 1. The molecule has 0 fully saturated rings. The van der Waals surface area contributed by atoms with Crippen molar-refractivity contribution in [2.75, 3.05) is 6.54 Å². The fourth-order valence-corrected chi connectivity index (χ4v) is 3.20. The van der Waals surface area contributed by atoms with Crippen LogP contribution >= 0.6 is 22.7 Å². The molecule has 2 rings (SSSR count). The lowest BCUT2D eigenvalue weighted by molar-refractivity contribution is 0.240. The second kappa shape index (κ2) is 7.40. The zero-order chi connectivity index (χ0) is 14.4. The summed E-state index contributed by atoms with van der Waals surface area (Å²) in [4.78, 5) is 17.4. The van der Waals surface area contributed by atoms with E-state index in [1.807, 2.05) is 16.8 Å². The highest BCUT2D eigenvalue weighted by Gasteiger charge is 2.07. The Bertz CT molecular complexity index is 534. The van der Waals surface area contributed by atoms with Crippen molar-refractivity contribution in [3.8, 4) is 0 Å². The van der Waals surface area contributed by atoms with Crippen LogP contribution in [0.1, 0.15) is 35.3 Å². The molecule has 0 atom stereocenters. The molecule has 20 heavy (non-hydrogen) atoms. The Balaban J connectivity index is 1.66. The van der Waals surface area contributed by atoms with Gasteiger partial charge in [-0.15, -0.1) is 22.7 Å². The Morgan fingerprint density at radius 3 is 2.85 bits per heavy atom. The smallest absolute Gasteiger partial charge is 0.315 e. The highest BCUT2D eigenvalue weighted by Crippen LogP contribution is 2.18. The molecule has 2 aromatic rings. The van der Waals surface area contributed by atoms with Crippen molar-refractivity contribution < 1.29 is 4.79 Å². The van der Waals surface area contributed by atoms with Crippen LogP contribution in [0.2, 0.25) is 0 Å². The second-order valence-electron chi connectivity index (χ2n) is 4.77. The van der Waals surface area contributed by atoms with Crippen molar-refractivity contribution in [3.63, 3.8) is 0 Å². The van der Waals surface area contributed by atoms with E-state index >= 15 is 0 Å². The van der Waals surface area contributed by atoms with Crippen LogP contribution in [0.3, 0.4) is 0 Å². The number of aromatic nitrogens is 1. The van der Waals surface area contributed by atoms with E-state index in [-0.39, 0.29) is 6.03 Å². The molecule has 0 aliphatic heterocycles. The van der Waals surface area contributed by atoms with Gasteiger partial charge >= 0.3 is 6.03 Å². The van der Waals surface area contributed by atoms with Gasteiger partial charge in [-0.2, -0.15) is 0 Å². The molecule has 0 unspecified atom stereocenters. The van der Waals surface area contributed by atoms with Gasteiger partial charge in [-0.3, -0.25) is 0 Å². The van der Waals surface area contributed by atoms with Crippen molar-refractivity contribution >= 4 is 28.7 Å². The van der Waals surface area contributed by atoms with Crippen molar-refractivity contribution in [3.05, 3.63) is 38.5 Å². The van der Waals surface area contributed by atoms with Crippen molar-refractivity contribution in [1.29, 1.82) is 0 Å². The number of hydrogen-bond donors (Lipinski definition) is 2. The summed E-state index contributed by atoms with van der Waals surface area (Å²) in [6, 6.07) is 3.96. The van der Waals surface area contributed by atoms with E-state index in [1.54, 1.807) is 22.7 Å². The average Bonchev–Trinajstić information content (AvgIpc) is 3.07. The molecule has 2 heterocycles. The first kappa shape index (κ1) is 15.0. The number of nitrogens with zero attached hydrogens (tertiary/aromatic N) is 1. The van der Waals surface area contributed by atoms with E-state index in [9.17, 15) is 4.79 Å². The van der Waals surface area contributed by atoms with Gasteiger partial charge in [-0.25, -0.2) is 9.78 Å². The molecule has 0 saturated carbocycles. The highest BCUT2D eigenvalue weighted by atomic mass is 32.1. The van der Waals surface area contributed by atoms with E-state index in [0.29, 0.717) is 19.0 Å². The van der Waals surface area contributed by atoms with E-state index in [4.69, 9.17) is 0 Å². The van der Waals surface area contributed by atoms with Gasteiger partial charge in [-0.1, -0.05) is 19.9 Å². The lowest BCUT2D eigenvalue weighted by atomic mass is 10.2. The van der Waals surface area contributed by atoms with Crippen LogP contribution in [0.25, 0.3) is 0 Å². The SMILES string of the molecule is CC(C)c1nc(CNC(=O)NCCc2cccs2)cs1. The first-order chi connectivity index (χ1) is 9.65. The third kappa shape index (κ3) is 4.61. The Morgan fingerprint density at radius 2 is 2.20 bits per heavy atom. The zero-order valence-electron chi connectivity index (χ0n) is 11.7. The van der Waals surface area contributed by atoms with Crippen LogP contribution in [0.4, 0.5) is 4.79 Å². The molecule has 0 radical (unpaired) electrons. The Labute approximate surface area is 127 Å². The number of amides is 2. The molecule has 0 bridgehead atoms. The Kier molecular flexibility index (Phi) is 5.55. The minimum atomic E-state index is -0.138. The van der Waals surface area contributed by atoms with Crippen molar-refractivity contribution in [2.24, 2.45) is 0 Å². The summed E-state index contributed by atoms with van der Waals surface area (Å²) in [7, 11) is 0. The molecule has 6 heteroatoms. The number of thiophene rings is 1. The summed E-state index contributed by atoms with van der Waals surface area (Å²) in [5.74, 6) is 0.438. The molecule has 108 valence electrons. The van der Waals surface area contributed by atoms with Crippen LogP contribution in [0, 0.1) is 0 Å². The van der Waals surface area contributed by atoms with E-state index in [2.05, 4.69) is 35.5 Å². The second-order valence-corrected chi connectivity index (χ2v) is 6.69.